The highest BCUT2D eigenvalue weighted by molar-refractivity contribution is 5.86. The number of amides is 1. The lowest BCUT2D eigenvalue weighted by molar-refractivity contribution is -0.134. The molecule has 132 valence electrons. The number of piperidine rings is 1. The Kier molecular flexibility index (Phi) is 4.76. The Balaban J connectivity index is 1.35. The lowest BCUT2D eigenvalue weighted by Gasteiger charge is -2.32. The predicted octanol–water partition coefficient (Wildman–Crippen LogP) is 3.79. The van der Waals surface area contributed by atoms with Gasteiger partial charge in [0.25, 0.3) is 0 Å². The third-order valence-corrected chi connectivity index (χ3v) is 6.04. The van der Waals surface area contributed by atoms with E-state index in [9.17, 15) is 4.79 Å². The molecule has 1 heterocycles. The van der Waals surface area contributed by atoms with Crippen molar-refractivity contribution in [1.29, 1.82) is 0 Å². The van der Waals surface area contributed by atoms with E-state index in [1.807, 2.05) is 7.05 Å². The van der Waals surface area contributed by atoms with Crippen LogP contribution in [0.3, 0.4) is 0 Å². The summed E-state index contributed by atoms with van der Waals surface area (Å²) in [6.07, 6.45) is 4.60. The Morgan fingerprint density at radius 1 is 1.12 bits per heavy atom. The van der Waals surface area contributed by atoms with Gasteiger partial charge >= 0.3 is 0 Å². The average Bonchev–Trinajstić information content (AvgIpc) is 3.46. The molecular formula is C22H28N2O. The van der Waals surface area contributed by atoms with Crippen LogP contribution < -0.4 is 5.32 Å². The minimum atomic E-state index is 0.218. The Morgan fingerprint density at radius 2 is 1.88 bits per heavy atom. The third-order valence-electron chi connectivity index (χ3n) is 6.04. The van der Waals surface area contributed by atoms with Crippen molar-refractivity contribution in [3.8, 4) is 0 Å². The number of hydrogen-bond acceptors (Lipinski definition) is 2. The van der Waals surface area contributed by atoms with Crippen molar-refractivity contribution < 1.29 is 4.79 Å². The number of rotatable bonds is 5. The lowest BCUT2D eigenvalue weighted by atomic mass is 9.93. The van der Waals surface area contributed by atoms with Gasteiger partial charge in [-0.2, -0.15) is 0 Å². The van der Waals surface area contributed by atoms with Crippen LogP contribution >= 0.6 is 0 Å². The van der Waals surface area contributed by atoms with Crippen LogP contribution in [0.5, 0.6) is 0 Å². The maximum atomic E-state index is 12.8. The number of benzene rings is 2. The molecule has 1 saturated carbocycles. The summed E-state index contributed by atoms with van der Waals surface area (Å²) in [7, 11) is 2.01. The molecule has 0 radical (unpaired) electrons. The molecule has 2 aliphatic rings. The molecular weight excluding hydrogens is 308 g/mol. The molecule has 2 aromatic rings. The summed E-state index contributed by atoms with van der Waals surface area (Å²) in [5, 5.41) is 5.79. The molecule has 0 spiro atoms. The van der Waals surface area contributed by atoms with Crippen LogP contribution in [-0.4, -0.2) is 37.5 Å². The summed E-state index contributed by atoms with van der Waals surface area (Å²) in [6, 6.07) is 15.1. The zero-order valence-corrected chi connectivity index (χ0v) is 15.1. The predicted molar refractivity (Wildman–Crippen MR) is 103 cm³/mol. The minimum Gasteiger partial charge on any atom is -0.342 e. The first-order valence-electron chi connectivity index (χ1n) is 9.68. The van der Waals surface area contributed by atoms with Gasteiger partial charge in [-0.05, 0) is 67.4 Å². The number of nitrogens with zero attached hydrogens (tertiary/aromatic N) is 1. The topological polar surface area (TPSA) is 32.3 Å². The first-order chi connectivity index (χ1) is 12.3. The molecule has 2 fully saturated rings. The van der Waals surface area contributed by atoms with Crippen molar-refractivity contribution in [2.24, 2.45) is 11.8 Å². The second-order valence-electron chi connectivity index (χ2n) is 7.72. The van der Waals surface area contributed by atoms with Gasteiger partial charge in [0.15, 0.2) is 0 Å². The third kappa shape index (κ3) is 3.57. The summed E-state index contributed by atoms with van der Waals surface area (Å²) >= 11 is 0. The van der Waals surface area contributed by atoms with E-state index in [2.05, 4.69) is 52.7 Å². The van der Waals surface area contributed by atoms with E-state index in [1.54, 1.807) is 0 Å². The Labute approximate surface area is 150 Å². The summed E-state index contributed by atoms with van der Waals surface area (Å²) in [5.41, 5.74) is 1.33. The van der Waals surface area contributed by atoms with Gasteiger partial charge < -0.3 is 10.2 Å². The normalized spacial score (nSPS) is 23.8. The van der Waals surface area contributed by atoms with Crippen molar-refractivity contribution in [2.75, 3.05) is 26.7 Å². The summed E-state index contributed by atoms with van der Waals surface area (Å²) in [6.45, 7) is 2.99. The maximum Gasteiger partial charge on any atom is 0.226 e. The average molecular weight is 336 g/mol. The molecule has 1 N–H and O–H groups in total. The van der Waals surface area contributed by atoms with E-state index in [4.69, 9.17) is 0 Å². The van der Waals surface area contributed by atoms with Crippen molar-refractivity contribution in [3.63, 3.8) is 0 Å². The zero-order chi connectivity index (χ0) is 17.2. The highest BCUT2D eigenvalue weighted by Gasteiger charge is 2.46. The van der Waals surface area contributed by atoms with Crippen LogP contribution in [0.1, 0.15) is 37.2 Å². The molecule has 2 aromatic carbocycles. The fraction of sp³-hybridized carbons (Fsp3) is 0.500. The summed E-state index contributed by atoms with van der Waals surface area (Å²) in [5.74, 6) is 1.83. The lowest BCUT2D eigenvalue weighted by Crippen LogP contribution is -2.40. The van der Waals surface area contributed by atoms with Crippen molar-refractivity contribution in [3.05, 3.63) is 48.0 Å². The van der Waals surface area contributed by atoms with E-state index >= 15 is 0 Å². The Bertz CT molecular complexity index is 749. The minimum absolute atomic E-state index is 0.218. The van der Waals surface area contributed by atoms with Crippen LogP contribution in [0.2, 0.25) is 0 Å². The molecule has 2 atom stereocenters. The second-order valence-corrected chi connectivity index (χ2v) is 7.72. The summed E-state index contributed by atoms with van der Waals surface area (Å²) < 4.78 is 0. The standard InChI is InChI=1S/C22H28N2O/c1-23-11-8-16-9-12-24(13-10-16)22(25)21-15-20(21)19-7-6-17-4-2-3-5-18(17)14-19/h2-7,14,16,20-21,23H,8-13,15H2,1H3. The first kappa shape index (κ1) is 16.6. The molecule has 3 heteroatoms. The maximum absolute atomic E-state index is 12.8. The van der Waals surface area contributed by atoms with Gasteiger partial charge in [0.05, 0.1) is 0 Å². The van der Waals surface area contributed by atoms with E-state index in [0.29, 0.717) is 11.8 Å². The fourth-order valence-electron chi connectivity index (χ4n) is 4.30. The van der Waals surface area contributed by atoms with Crippen molar-refractivity contribution >= 4 is 16.7 Å². The van der Waals surface area contributed by atoms with E-state index in [1.165, 1.54) is 35.6 Å². The molecule has 1 aliphatic carbocycles. The highest BCUT2D eigenvalue weighted by Crippen LogP contribution is 2.49. The summed E-state index contributed by atoms with van der Waals surface area (Å²) in [4.78, 5) is 15.0. The molecule has 2 unspecified atom stereocenters. The Morgan fingerprint density at radius 3 is 2.64 bits per heavy atom. The van der Waals surface area contributed by atoms with Crippen molar-refractivity contribution in [1.82, 2.24) is 10.2 Å². The molecule has 4 rings (SSSR count). The largest absolute Gasteiger partial charge is 0.342 e. The van der Waals surface area contributed by atoms with Gasteiger partial charge in [-0.3, -0.25) is 4.79 Å². The highest BCUT2D eigenvalue weighted by atomic mass is 16.2. The number of hydrogen-bond donors (Lipinski definition) is 1. The van der Waals surface area contributed by atoms with Crippen molar-refractivity contribution in [2.45, 2.75) is 31.6 Å². The molecule has 0 bridgehead atoms. The second kappa shape index (κ2) is 7.17. The molecule has 1 aliphatic heterocycles. The van der Waals surface area contributed by atoms with Crippen LogP contribution in [0.4, 0.5) is 0 Å². The van der Waals surface area contributed by atoms with Gasteiger partial charge in [-0.15, -0.1) is 0 Å². The number of nitrogens with one attached hydrogen (secondary N) is 1. The molecule has 3 nitrogen and oxygen atoms in total. The van der Waals surface area contributed by atoms with Gasteiger partial charge in [-0.1, -0.05) is 42.5 Å². The fourth-order valence-corrected chi connectivity index (χ4v) is 4.30. The number of carbonyl (C=O) groups is 1. The molecule has 25 heavy (non-hydrogen) atoms. The SMILES string of the molecule is CNCCC1CCN(C(=O)C2CC2c2ccc3ccccc3c2)CC1. The zero-order valence-electron chi connectivity index (χ0n) is 15.1. The number of carbonyl (C=O) groups excluding carboxylic acids is 1. The molecule has 1 amide bonds. The van der Waals surface area contributed by atoms with Gasteiger partial charge in [0.1, 0.15) is 0 Å². The first-order valence-corrected chi connectivity index (χ1v) is 9.68. The van der Waals surface area contributed by atoms with Crippen LogP contribution in [0.25, 0.3) is 10.8 Å². The van der Waals surface area contributed by atoms with Gasteiger partial charge in [0, 0.05) is 19.0 Å². The van der Waals surface area contributed by atoms with Crippen LogP contribution in [0.15, 0.2) is 42.5 Å². The van der Waals surface area contributed by atoms with Gasteiger partial charge in [0.2, 0.25) is 5.91 Å². The van der Waals surface area contributed by atoms with E-state index in [0.717, 1.165) is 32.0 Å². The molecule has 0 aromatic heterocycles. The monoisotopic (exact) mass is 336 g/mol. The van der Waals surface area contributed by atoms with Gasteiger partial charge in [-0.25, -0.2) is 0 Å². The smallest absolute Gasteiger partial charge is 0.226 e. The Hall–Kier alpha value is -1.87. The molecule has 1 saturated heterocycles. The van der Waals surface area contributed by atoms with Crippen LogP contribution in [-0.2, 0) is 4.79 Å². The van der Waals surface area contributed by atoms with Crippen LogP contribution in [0, 0.1) is 11.8 Å². The number of likely N-dealkylation sites (tertiary alicyclic amines) is 1. The quantitative estimate of drug-likeness (QED) is 0.901. The number of fused-ring (bicyclic) bond motifs is 1. The van der Waals surface area contributed by atoms with E-state index < -0.39 is 0 Å². The van der Waals surface area contributed by atoms with E-state index in [-0.39, 0.29) is 5.92 Å².